The van der Waals surface area contributed by atoms with Gasteiger partial charge in [-0.2, -0.15) is 5.10 Å². The maximum atomic E-state index is 12.5. The maximum absolute atomic E-state index is 12.5. The van der Waals surface area contributed by atoms with Gasteiger partial charge in [-0.25, -0.2) is 8.78 Å². The molecule has 0 atom stereocenters. The Labute approximate surface area is 176 Å². The van der Waals surface area contributed by atoms with Crippen LogP contribution in [0.2, 0.25) is 0 Å². The summed E-state index contributed by atoms with van der Waals surface area (Å²) in [5.74, 6) is 0.727. The average Bonchev–Trinajstić information content (AvgIpc) is 3.20. The molecular weight excluding hydrogens is 390 g/mol. The van der Waals surface area contributed by atoms with Crippen LogP contribution >= 0.6 is 0 Å². The number of halogens is 2. The molecule has 1 heterocycles. The van der Waals surface area contributed by atoms with E-state index in [0.717, 1.165) is 11.3 Å². The standard InChI is InChI=1S/C12H12F2N2O.C9H12.2CH2O/c1-16-11(7-10(15-16)12(13)14)8-3-5-9(17-2)6-4-8;1-2-6-9-7-4-3-5-8-9;2*1-2/h3-7,12H,1-2H3;3-5,7-8H,2,6H2,1H3;2*1H2. The van der Waals surface area contributed by atoms with Gasteiger partial charge in [0, 0.05) is 12.6 Å². The van der Waals surface area contributed by atoms with Gasteiger partial charge >= 0.3 is 0 Å². The summed E-state index contributed by atoms with van der Waals surface area (Å²) in [7, 11) is 3.22. The Morgan fingerprint density at radius 3 is 2.00 bits per heavy atom. The van der Waals surface area contributed by atoms with Crippen molar-refractivity contribution >= 4 is 13.6 Å². The van der Waals surface area contributed by atoms with Crippen LogP contribution in [-0.4, -0.2) is 30.5 Å². The molecule has 0 amide bonds. The molecule has 0 aliphatic rings. The molecule has 0 aliphatic heterocycles. The number of alkyl halides is 2. The largest absolute Gasteiger partial charge is 0.497 e. The fourth-order valence-electron chi connectivity index (χ4n) is 2.56. The summed E-state index contributed by atoms with van der Waals surface area (Å²) in [6.07, 6.45) is -0.0987. The predicted molar refractivity (Wildman–Crippen MR) is 115 cm³/mol. The number of aryl methyl sites for hydroxylation is 2. The number of nitrogens with zero attached hydrogens (tertiary/aromatic N) is 2. The van der Waals surface area contributed by atoms with Gasteiger partial charge in [0.1, 0.15) is 25.0 Å². The molecule has 0 saturated carbocycles. The highest BCUT2D eigenvalue weighted by Gasteiger charge is 2.14. The second kappa shape index (κ2) is 15.6. The van der Waals surface area contributed by atoms with Crippen molar-refractivity contribution in [2.75, 3.05) is 7.11 Å². The first kappa shape index (κ1) is 26.6. The Kier molecular flexibility index (Phi) is 13.8. The van der Waals surface area contributed by atoms with Crippen LogP contribution < -0.4 is 4.74 Å². The van der Waals surface area contributed by atoms with Crippen LogP contribution in [0.4, 0.5) is 8.78 Å². The van der Waals surface area contributed by atoms with Crippen LogP contribution in [0.5, 0.6) is 5.75 Å². The van der Waals surface area contributed by atoms with E-state index in [1.54, 1.807) is 26.3 Å². The highest BCUT2D eigenvalue weighted by Crippen LogP contribution is 2.26. The molecule has 3 aromatic rings. The van der Waals surface area contributed by atoms with Crippen molar-refractivity contribution in [2.24, 2.45) is 7.05 Å². The summed E-state index contributed by atoms with van der Waals surface area (Å²) in [6, 6.07) is 19.2. The van der Waals surface area contributed by atoms with Crippen LogP contribution in [0.3, 0.4) is 0 Å². The monoisotopic (exact) mass is 418 g/mol. The SMILES string of the molecule is C=O.C=O.CCCc1ccccc1.COc1ccc(-c2cc(C(F)F)nn2C)cc1. The molecule has 0 unspecified atom stereocenters. The van der Waals surface area contributed by atoms with E-state index in [-0.39, 0.29) is 5.69 Å². The highest BCUT2D eigenvalue weighted by atomic mass is 19.3. The Balaban J connectivity index is 0.000000547. The quantitative estimate of drug-likeness (QED) is 0.564. The van der Waals surface area contributed by atoms with E-state index >= 15 is 0 Å². The van der Waals surface area contributed by atoms with Crippen molar-refractivity contribution in [1.29, 1.82) is 0 Å². The third-order valence-corrected chi connectivity index (χ3v) is 3.89. The lowest BCUT2D eigenvalue weighted by Gasteiger charge is -2.03. The molecule has 30 heavy (non-hydrogen) atoms. The van der Waals surface area contributed by atoms with Gasteiger partial charge in [-0.1, -0.05) is 43.7 Å². The van der Waals surface area contributed by atoms with Crippen molar-refractivity contribution in [1.82, 2.24) is 9.78 Å². The van der Waals surface area contributed by atoms with E-state index in [9.17, 15) is 8.78 Å². The van der Waals surface area contributed by atoms with Gasteiger partial charge in [-0.15, -0.1) is 0 Å². The van der Waals surface area contributed by atoms with Crippen LogP contribution in [0.25, 0.3) is 11.3 Å². The number of carbonyl (C=O) groups excluding carboxylic acids is 2. The first-order valence-corrected chi connectivity index (χ1v) is 9.13. The molecule has 0 radical (unpaired) electrons. The Morgan fingerprint density at radius 1 is 1.00 bits per heavy atom. The number of aromatic nitrogens is 2. The van der Waals surface area contributed by atoms with Gasteiger partial charge in [-0.05, 0) is 42.3 Å². The molecule has 0 N–H and O–H groups in total. The van der Waals surface area contributed by atoms with E-state index in [1.807, 2.05) is 25.7 Å². The number of hydrogen-bond donors (Lipinski definition) is 0. The van der Waals surface area contributed by atoms with Crippen LogP contribution in [0.15, 0.2) is 60.7 Å². The molecule has 0 aliphatic carbocycles. The van der Waals surface area contributed by atoms with E-state index in [1.165, 1.54) is 29.2 Å². The smallest absolute Gasteiger partial charge is 0.282 e. The first-order valence-electron chi connectivity index (χ1n) is 9.13. The number of ether oxygens (including phenoxy) is 1. The Morgan fingerprint density at radius 2 is 1.57 bits per heavy atom. The fourth-order valence-corrected chi connectivity index (χ4v) is 2.56. The van der Waals surface area contributed by atoms with E-state index in [0.29, 0.717) is 5.69 Å². The lowest BCUT2D eigenvalue weighted by molar-refractivity contribution is -0.0987. The molecule has 162 valence electrons. The molecular formula is C23H28F2N2O3. The molecule has 5 nitrogen and oxygen atoms in total. The molecule has 1 aromatic heterocycles. The topological polar surface area (TPSA) is 61.2 Å². The Hall–Kier alpha value is -3.35. The highest BCUT2D eigenvalue weighted by molar-refractivity contribution is 5.61. The summed E-state index contributed by atoms with van der Waals surface area (Å²) in [5.41, 5.74) is 2.72. The van der Waals surface area contributed by atoms with E-state index in [4.69, 9.17) is 14.3 Å². The average molecular weight is 418 g/mol. The van der Waals surface area contributed by atoms with Crippen LogP contribution in [0, 0.1) is 0 Å². The molecule has 0 saturated heterocycles. The maximum Gasteiger partial charge on any atom is 0.282 e. The number of methoxy groups -OCH3 is 1. The van der Waals surface area contributed by atoms with Gasteiger partial charge in [0.15, 0.2) is 0 Å². The minimum atomic E-state index is -2.55. The second-order valence-corrected chi connectivity index (χ2v) is 5.84. The molecule has 7 heteroatoms. The summed E-state index contributed by atoms with van der Waals surface area (Å²) >= 11 is 0. The number of rotatable bonds is 5. The zero-order chi connectivity index (χ0) is 22.9. The minimum Gasteiger partial charge on any atom is -0.497 e. The van der Waals surface area contributed by atoms with Gasteiger partial charge in [0.05, 0.1) is 12.8 Å². The van der Waals surface area contributed by atoms with Gasteiger partial charge in [0.2, 0.25) is 0 Å². The molecule has 0 bridgehead atoms. The molecule has 2 aromatic carbocycles. The Bertz CT molecular complexity index is 820. The van der Waals surface area contributed by atoms with E-state index in [2.05, 4.69) is 42.4 Å². The molecule has 0 spiro atoms. The lowest BCUT2D eigenvalue weighted by atomic mass is 10.1. The zero-order valence-electron chi connectivity index (χ0n) is 17.6. The van der Waals surface area contributed by atoms with E-state index < -0.39 is 6.43 Å². The number of benzene rings is 2. The normalized spacial score (nSPS) is 9.27. The molecule has 3 rings (SSSR count). The van der Waals surface area contributed by atoms with Gasteiger partial charge in [0.25, 0.3) is 6.43 Å². The summed E-state index contributed by atoms with van der Waals surface area (Å²) < 4.78 is 31.5. The van der Waals surface area contributed by atoms with Crippen molar-refractivity contribution in [3.05, 3.63) is 71.9 Å². The summed E-state index contributed by atoms with van der Waals surface area (Å²) in [6.45, 7) is 6.20. The lowest BCUT2D eigenvalue weighted by Crippen LogP contribution is -1.94. The van der Waals surface area contributed by atoms with Crippen molar-refractivity contribution in [3.63, 3.8) is 0 Å². The van der Waals surface area contributed by atoms with Crippen molar-refractivity contribution in [2.45, 2.75) is 26.2 Å². The molecule has 0 fully saturated rings. The zero-order valence-corrected chi connectivity index (χ0v) is 17.6. The van der Waals surface area contributed by atoms with Crippen molar-refractivity contribution < 1.29 is 23.1 Å². The third kappa shape index (κ3) is 8.77. The number of carbonyl (C=O) groups is 2. The van der Waals surface area contributed by atoms with Gasteiger partial charge in [-0.3, -0.25) is 4.68 Å². The summed E-state index contributed by atoms with van der Waals surface area (Å²) in [5, 5.41) is 3.76. The minimum absolute atomic E-state index is 0.210. The fraction of sp³-hybridized carbons (Fsp3) is 0.261. The second-order valence-electron chi connectivity index (χ2n) is 5.84. The number of hydrogen-bond acceptors (Lipinski definition) is 4. The van der Waals surface area contributed by atoms with Crippen LogP contribution in [0.1, 0.15) is 31.0 Å². The third-order valence-electron chi connectivity index (χ3n) is 3.89. The predicted octanol–water partition coefficient (Wildman–Crippen LogP) is 5.30. The summed E-state index contributed by atoms with van der Waals surface area (Å²) in [4.78, 5) is 16.0. The van der Waals surface area contributed by atoms with Gasteiger partial charge < -0.3 is 14.3 Å². The van der Waals surface area contributed by atoms with Crippen molar-refractivity contribution in [3.8, 4) is 17.0 Å². The first-order chi connectivity index (χ1) is 14.5. The van der Waals surface area contributed by atoms with Crippen LogP contribution in [-0.2, 0) is 23.1 Å².